The van der Waals surface area contributed by atoms with E-state index in [2.05, 4.69) is 0 Å². The molecule has 1 aromatic rings. The first-order valence-corrected chi connectivity index (χ1v) is 4.51. The van der Waals surface area contributed by atoms with E-state index in [9.17, 15) is 17.6 Å². The summed E-state index contributed by atoms with van der Waals surface area (Å²) in [5, 5.41) is 8.95. The van der Waals surface area contributed by atoms with Gasteiger partial charge in [0.05, 0.1) is 18.8 Å². The van der Waals surface area contributed by atoms with E-state index in [4.69, 9.17) is 9.84 Å². The monoisotopic (exact) mass is 236 g/mol. The number of hydrogen-bond donors (Lipinski definition) is 1. The second-order valence-electron chi connectivity index (χ2n) is 3.63. The Morgan fingerprint density at radius 2 is 2.00 bits per heavy atom. The molecule has 1 N–H and O–H groups in total. The van der Waals surface area contributed by atoms with Crippen LogP contribution in [0.4, 0.5) is 17.6 Å². The average Bonchev–Trinajstić information content (AvgIpc) is 2.97. The summed E-state index contributed by atoms with van der Waals surface area (Å²) < 4.78 is 55.0. The molecule has 1 unspecified atom stereocenters. The zero-order chi connectivity index (χ0) is 12.0. The van der Waals surface area contributed by atoms with Crippen LogP contribution in [0.2, 0.25) is 0 Å². The van der Waals surface area contributed by atoms with Crippen LogP contribution in [-0.4, -0.2) is 18.3 Å². The van der Waals surface area contributed by atoms with Crippen LogP contribution in [0.1, 0.15) is 11.1 Å². The summed E-state index contributed by atoms with van der Waals surface area (Å²) in [6, 6.07) is 2.19. The van der Waals surface area contributed by atoms with E-state index < -0.39 is 29.8 Å². The number of epoxide rings is 1. The third-order valence-electron chi connectivity index (χ3n) is 2.54. The number of rotatable bonds is 2. The summed E-state index contributed by atoms with van der Waals surface area (Å²) in [5.41, 5.74) is -2.24. The SMILES string of the molecule is OCC1(c2ccc(C(F)(F)F)cc2F)CO1. The van der Waals surface area contributed by atoms with Crippen molar-refractivity contribution in [3.63, 3.8) is 0 Å². The first-order chi connectivity index (χ1) is 7.39. The fourth-order valence-corrected chi connectivity index (χ4v) is 1.48. The van der Waals surface area contributed by atoms with Gasteiger partial charge in [-0.15, -0.1) is 0 Å². The van der Waals surface area contributed by atoms with Gasteiger partial charge >= 0.3 is 6.18 Å². The van der Waals surface area contributed by atoms with Crippen molar-refractivity contribution in [2.45, 2.75) is 11.8 Å². The maximum absolute atomic E-state index is 13.4. The van der Waals surface area contributed by atoms with Gasteiger partial charge in [-0.2, -0.15) is 13.2 Å². The minimum absolute atomic E-state index is 0.0389. The van der Waals surface area contributed by atoms with Gasteiger partial charge in [-0.3, -0.25) is 0 Å². The highest BCUT2D eigenvalue weighted by atomic mass is 19.4. The predicted molar refractivity (Wildman–Crippen MR) is 46.1 cm³/mol. The Morgan fingerprint density at radius 3 is 2.38 bits per heavy atom. The molecular formula is C10H8F4O2. The van der Waals surface area contributed by atoms with Crippen molar-refractivity contribution in [2.75, 3.05) is 13.2 Å². The summed E-state index contributed by atoms with van der Waals surface area (Å²) in [6.07, 6.45) is -4.57. The van der Waals surface area contributed by atoms with E-state index in [1.54, 1.807) is 0 Å². The number of hydrogen-bond acceptors (Lipinski definition) is 2. The van der Waals surface area contributed by atoms with Crippen LogP contribution < -0.4 is 0 Å². The molecule has 1 atom stereocenters. The van der Waals surface area contributed by atoms with Crippen LogP contribution in [0.3, 0.4) is 0 Å². The van der Waals surface area contributed by atoms with E-state index in [1.165, 1.54) is 0 Å². The first kappa shape index (κ1) is 11.3. The molecule has 0 amide bonds. The van der Waals surface area contributed by atoms with Crippen molar-refractivity contribution in [2.24, 2.45) is 0 Å². The molecule has 0 radical (unpaired) electrons. The van der Waals surface area contributed by atoms with Gasteiger partial charge in [0.25, 0.3) is 0 Å². The number of aliphatic hydroxyl groups excluding tert-OH is 1. The maximum Gasteiger partial charge on any atom is 0.416 e. The highest BCUT2D eigenvalue weighted by molar-refractivity contribution is 5.33. The lowest BCUT2D eigenvalue weighted by atomic mass is 9.98. The molecule has 2 nitrogen and oxygen atoms in total. The molecule has 0 aromatic heterocycles. The molecule has 6 heteroatoms. The zero-order valence-electron chi connectivity index (χ0n) is 8.01. The van der Waals surface area contributed by atoms with Gasteiger partial charge in [-0.05, 0) is 12.1 Å². The minimum Gasteiger partial charge on any atom is -0.393 e. The Hall–Kier alpha value is -1.14. The quantitative estimate of drug-likeness (QED) is 0.629. The van der Waals surface area contributed by atoms with E-state index in [-0.39, 0.29) is 12.2 Å². The van der Waals surface area contributed by atoms with Crippen LogP contribution in [0, 0.1) is 5.82 Å². The van der Waals surface area contributed by atoms with Crippen molar-refractivity contribution in [3.05, 3.63) is 35.1 Å². The molecule has 1 heterocycles. The Labute approximate surface area is 88.5 Å². The molecule has 1 fully saturated rings. The summed E-state index contributed by atoms with van der Waals surface area (Å²) in [5.74, 6) is -1.01. The number of alkyl halides is 3. The van der Waals surface area contributed by atoms with Gasteiger partial charge in [0, 0.05) is 5.56 Å². The molecule has 1 aromatic carbocycles. The lowest BCUT2D eigenvalue weighted by Gasteiger charge is -2.12. The summed E-state index contributed by atoms with van der Waals surface area (Å²) in [7, 11) is 0. The third-order valence-corrected chi connectivity index (χ3v) is 2.54. The van der Waals surface area contributed by atoms with E-state index in [0.29, 0.717) is 6.07 Å². The summed E-state index contributed by atoms with van der Waals surface area (Å²) in [6.45, 7) is -0.332. The molecule has 0 bridgehead atoms. The molecule has 0 spiro atoms. The van der Waals surface area contributed by atoms with Crippen molar-refractivity contribution in [1.82, 2.24) is 0 Å². The van der Waals surface area contributed by atoms with Crippen molar-refractivity contribution in [1.29, 1.82) is 0 Å². The predicted octanol–water partition coefficient (Wildman–Crippen LogP) is 2.06. The highest BCUT2D eigenvalue weighted by Gasteiger charge is 2.48. The average molecular weight is 236 g/mol. The van der Waals surface area contributed by atoms with E-state index in [1.807, 2.05) is 0 Å². The standard InChI is InChI=1S/C10H8F4O2/c11-8-3-6(10(12,13)14)1-2-7(8)9(4-15)5-16-9/h1-3,15H,4-5H2. The minimum atomic E-state index is -4.57. The molecule has 1 aliphatic rings. The van der Waals surface area contributed by atoms with Crippen LogP contribution in [0.5, 0.6) is 0 Å². The molecule has 0 saturated carbocycles. The molecule has 2 rings (SSSR count). The first-order valence-electron chi connectivity index (χ1n) is 4.51. The van der Waals surface area contributed by atoms with Crippen molar-refractivity contribution in [3.8, 4) is 0 Å². The maximum atomic E-state index is 13.4. The number of benzene rings is 1. The second-order valence-corrected chi connectivity index (χ2v) is 3.63. The smallest absolute Gasteiger partial charge is 0.393 e. The molecule has 16 heavy (non-hydrogen) atoms. The zero-order valence-corrected chi connectivity index (χ0v) is 8.01. The van der Waals surface area contributed by atoms with E-state index in [0.717, 1.165) is 12.1 Å². The second kappa shape index (κ2) is 3.43. The van der Waals surface area contributed by atoms with Gasteiger partial charge in [0.1, 0.15) is 11.4 Å². The lowest BCUT2D eigenvalue weighted by Crippen LogP contribution is -2.17. The van der Waals surface area contributed by atoms with Gasteiger partial charge in [0.2, 0.25) is 0 Å². The van der Waals surface area contributed by atoms with Gasteiger partial charge in [-0.1, -0.05) is 6.07 Å². The van der Waals surface area contributed by atoms with Crippen LogP contribution in [-0.2, 0) is 16.5 Å². The van der Waals surface area contributed by atoms with Crippen molar-refractivity contribution >= 4 is 0 Å². The summed E-state index contributed by atoms with van der Waals surface area (Å²) >= 11 is 0. The number of halogens is 4. The summed E-state index contributed by atoms with van der Waals surface area (Å²) in [4.78, 5) is 0. The van der Waals surface area contributed by atoms with Gasteiger partial charge < -0.3 is 9.84 Å². The number of aliphatic hydroxyl groups is 1. The number of ether oxygens (including phenoxy) is 1. The molecule has 1 aliphatic heterocycles. The third kappa shape index (κ3) is 1.78. The van der Waals surface area contributed by atoms with Crippen molar-refractivity contribution < 1.29 is 27.4 Å². The molecule has 88 valence electrons. The Bertz CT molecular complexity index is 410. The Balaban J connectivity index is 2.38. The van der Waals surface area contributed by atoms with Crippen LogP contribution >= 0.6 is 0 Å². The molecular weight excluding hydrogens is 228 g/mol. The Morgan fingerprint density at radius 1 is 1.38 bits per heavy atom. The van der Waals surface area contributed by atoms with E-state index >= 15 is 0 Å². The Kier molecular flexibility index (Phi) is 2.43. The van der Waals surface area contributed by atoms with Gasteiger partial charge in [-0.25, -0.2) is 4.39 Å². The fraction of sp³-hybridized carbons (Fsp3) is 0.400. The molecule has 1 saturated heterocycles. The normalized spacial score (nSPS) is 24.6. The highest BCUT2D eigenvalue weighted by Crippen LogP contribution is 2.41. The lowest BCUT2D eigenvalue weighted by molar-refractivity contribution is -0.137. The van der Waals surface area contributed by atoms with Crippen LogP contribution in [0.25, 0.3) is 0 Å². The topological polar surface area (TPSA) is 32.8 Å². The van der Waals surface area contributed by atoms with Crippen LogP contribution in [0.15, 0.2) is 18.2 Å². The molecule has 0 aliphatic carbocycles. The van der Waals surface area contributed by atoms with Gasteiger partial charge in [0.15, 0.2) is 0 Å². The fourth-order valence-electron chi connectivity index (χ4n) is 1.48. The largest absolute Gasteiger partial charge is 0.416 e.